The zero-order chi connectivity index (χ0) is 23.8. The number of carbonyl (C=O) groups excluding carboxylic acids is 2. The predicted octanol–water partition coefficient (Wildman–Crippen LogP) is 3.32. The van der Waals surface area contributed by atoms with E-state index in [4.69, 9.17) is 0 Å². The molecule has 34 heavy (non-hydrogen) atoms. The Morgan fingerprint density at radius 1 is 1.06 bits per heavy atom. The number of nitrogens with one attached hydrogen (secondary N) is 1. The van der Waals surface area contributed by atoms with Crippen molar-refractivity contribution in [2.45, 2.75) is 19.3 Å². The van der Waals surface area contributed by atoms with Gasteiger partial charge in [-0.05, 0) is 36.9 Å². The lowest BCUT2D eigenvalue weighted by Crippen LogP contribution is -2.23. The molecule has 0 fully saturated rings. The topological polar surface area (TPSA) is 71.6 Å². The Kier molecular flexibility index (Phi) is 4.28. The number of fused-ring (bicyclic) bond motifs is 1. The number of hydrogen-bond acceptors (Lipinski definition) is 4. The van der Waals surface area contributed by atoms with Crippen LogP contribution in [0.5, 0.6) is 0 Å². The first-order valence-electron chi connectivity index (χ1n) is 10.7. The molecule has 0 radical (unpaired) electrons. The number of aromatic nitrogens is 3. The van der Waals surface area contributed by atoms with E-state index in [2.05, 4.69) is 10.3 Å². The zero-order valence-electron chi connectivity index (χ0n) is 18.0. The first-order valence-corrected chi connectivity index (χ1v) is 10.7. The fourth-order valence-electron chi connectivity index (χ4n) is 4.91. The summed E-state index contributed by atoms with van der Waals surface area (Å²) in [5.74, 6) is -1.25. The molecule has 0 aliphatic carbocycles. The van der Waals surface area contributed by atoms with Crippen LogP contribution in [0, 0.1) is 0 Å². The first kappa shape index (κ1) is 20.7. The molecule has 6 rings (SSSR count). The molecule has 0 saturated carbocycles. The molecular weight excluding hydrogens is 447 g/mol. The summed E-state index contributed by atoms with van der Waals surface area (Å²) in [6, 6.07) is 7.57. The monoisotopic (exact) mass is 465 g/mol. The average molecular weight is 465 g/mol. The number of pyridine rings is 1. The van der Waals surface area contributed by atoms with Gasteiger partial charge in [0.25, 0.3) is 11.8 Å². The molecule has 0 unspecified atom stereocenters. The summed E-state index contributed by atoms with van der Waals surface area (Å²) < 4.78 is 45.0. The highest BCUT2D eigenvalue weighted by atomic mass is 19.4. The Bertz CT molecular complexity index is 1560. The highest BCUT2D eigenvalue weighted by molar-refractivity contribution is 6.49. The minimum atomic E-state index is -4.55. The van der Waals surface area contributed by atoms with Crippen LogP contribution in [0.2, 0.25) is 0 Å². The summed E-state index contributed by atoms with van der Waals surface area (Å²) in [5.41, 5.74) is 1.81. The fourth-order valence-corrected chi connectivity index (χ4v) is 4.91. The van der Waals surface area contributed by atoms with Gasteiger partial charge in [0.15, 0.2) is 0 Å². The second-order valence-electron chi connectivity index (χ2n) is 8.61. The zero-order valence-corrected chi connectivity index (χ0v) is 18.0. The third kappa shape index (κ3) is 2.98. The molecule has 0 atom stereocenters. The Labute approximate surface area is 191 Å². The molecule has 0 spiro atoms. The number of benzene rings is 1. The molecular formula is C24H18F3N5O2. The Balaban J connectivity index is 1.69. The van der Waals surface area contributed by atoms with Crippen molar-refractivity contribution >= 4 is 39.5 Å². The highest BCUT2D eigenvalue weighted by Gasteiger charge is 2.37. The number of likely N-dealkylation sites (N-methyl/N-ethyl adjacent to an activating group) is 1. The number of hydrogen-bond donors (Lipinski definition) is 1. The van der Waals surface area contributed by atoms with Crippen molar-refractivity contribution in [3.8, 4) is 0 Å². The van der Waals surface area contributed by atoms with Crippen LogP contribution in [0.3, 0.4) is 0 Å². The lowest BCUT2D eigenvalue weighted by molar-refractivity contribution is -0.137. The van der Waals surface area contributed by atoms with Crippen molar-refractivity contribution in [3.63, 3.8) is 0 Å². The van der Waals surface area contributed by atoms with Gasteiger partial charge >= 0.3 is 6.18 Å². The molecule has 172 valence electrons. The second kappa shape index (κ2) is 7.04. The molecule has 2 amide bonds. The van der Waals surface area contributed by atoms with Crippen molar-refractivity contribution < 1.29 is 22.8 Å². The Hall–Kier alpha value is -3.92. The van der Waals surface area contributed by atoms with E-state index in [1.165, 1.54) is 12.3 Å². The lowest BCUT2D eigenvalue weighted by Gasteiger charge is -2.15. The molecule has 0 bridgehead atoms. The SMILES string of the molecule is CN1CCn2cc(C3=C(c4cnc5ccccn45)C(=O)NC3=O)c3cc(C(F)(F)F)cc(c32)C1. The predicted molar refractivity (Wildman–Crippen MR) is 118 cm³/mol. The van der Waals surface area contributed by atoms with E-state index in [0.29, 0.717) is 53.0 Å². The van der Waals surface area contributed by atoms with Crippen LogP contribution in [0.4, 0.5) is 13.2 Å². The van der Waals surface area contributed by atoms with E-state index < -0.39 is 23.6 Å². The molecule has 7 nitrogen and oxygen atoms in total. The van der Waals surface area contributed by atoms with E-state index >= 15 is 0 Å². The van der Waals surface area contributed by atoms with Crippen LogP contribution in [-0.4, -0.2) is 44.3 Å². The summed E-state index contributed by atoms with van der Waals surface area (Å²) in [7, 11) is 1.86. The van der Waals surface area contributed by atoms with Gasteiger partial charge in [-0.15, -0.1) is 0 Å². The first-order chi connectivity index (χ1) is 16.2. The van der Waals surface area contributed by atoms with Crippen LogP contribution in [0.1, 0.15) is 22.4 Å². The molecule has 1 aromatic carbocycles. The van der Waals surface area contributed by atoms with Gasteiger partial charge < -0.3 is 9.47 Å². The van der Waals surface area contributed by atoms with Crippen LogP contribution >= 0.6 is 0 Å². The number of imide groups is 1. The van der Waals surface area contributed by atoms with Gasteiger partial charge in [-0.2, -0.15) is 13.2 Å². The number of rotatable bonds is 2. The summed E-state index contributed by atoms with van der Waals surface area (Å²) in [6.07, 6.45) is 0.341. The summed E-state index contributed by atoms with van der Waals surface area (Å²) in [6.45, 7) is 1.51. The molecule has 3 aromatic heterocycles. The minimum absolute atomic E-state index is 0.0543. The van der Waals surface area contributed by atoms with E-state index in [1.807, 2.05) is 16.5 Å². The van der Waals surface area contributed by atoms with Crippen molar-refractivity contribution in [2.24, 2.45) is 0 Å². The molecule has 2 aliphatic heterocycles. The number of carbonyl (C=O) groups is 2. The van der Waals surface area contributed by atoms with Crippen molar-refractivity contribution in [3.05, 3.63) is 71.3 Å². The summed E-state index contributed by atoms with van der Waals surface area (Å²) in [4.78, 5) is 32.2. The minimum Gasteiger partial charge on any atom is -0.345 e. The van der Waals surface area contributed by atoms with Gasteiger partial charge in [0.1, 0.15) is 5.65 Å². The van der Waals surface area contributed by atoms with Crippen LogP contribution in [0.15, 0.2) is 48.9 Å². The van der Waals surface area contributed by atoms with E-state index in [9.17, 15) is 22.8 Å². The van der Waals surface area contributed by atoms with Gasteiger partial charge in [0.2, 0.25) is 0 Å². The van der Waals surface area contributed by atoms with Gasteiger partial charge in [-0.3, -0.25) is 19.3 Å². The fraction of sp³-hybridized carbons (Fsp3) is 0.208. The Morgan fingerprint density at radius 3 is 2.65 bits per heavy atom. The lowest BCUT2D eigenvalue weighted by atomic mass is 9.96. The second-order valence-corrected chi connectivity index (χ2v) is 8.61. The molecule has 5 heterocycles. The number of nitrogens with zero attached hydrogens (tertiary/aromatic N) is 4. The maximum atomic E-state index is 13.8. The summed E-state index contributed by atoms with van der Waals surface area (Å²) in [5, 5.41) is 2.62. The van der Waals surface area contributed by atoms with Crippen LogP contribution in [0.25, 0.3) is 27.7 Å². The molecule has 10 heteroatoms. The molecule has 1 N–H and O–H groups in total. The van der Waals surface area contributed by atoms with Crippen molar-refractivity contribution in [2.75, 3.05) is 13.6 Å². The maximum Gasteiger partial charge on any atom is 0.416 e. The van der Waals surface area contributed by atoms with Gasteiger partial charge in [0, 0.05) is 43.0 Å². The molecule has 4 aromatic rings. The number of alkyl halides is 3. The maximum absolute atomic E-state index is 13.8. The molecule has 0 saturated heterocycles. The normalized spacial score (nSPS) is 17.2. The number of imidazole rings is 1. The van der Waals surface area contributed by atoms with E-state index in [1.54, 1.807) is 35.0 Å². The molecule has 2 aliphatic rings. The van der Waals surface area contributed by atoms with Crippen molar-refractivity contribution in [1.29, 1.82) is 0 Å². The summed E-state index contributed by atoms with van der Waals surface area (Å²) >= 11 is 0. The quantitative estimate of drug-likeness (QED) is 0.461. The van der Waals surface area contributed by atoms with Gasteiger partial charge in [0.05, 0.1) is 34.1 Å². The van der Waals surface area contributed by atoms with Gasteiger partial charge in [-0.1, -0.05) is 6.07 Å². The third-order valence-corrected chi connectivity index (χ3v) is 6.42. The van der Waals surface area contributed by atoms with Gasteiger partial charge in [-0.25, -0.2) is 4.98 Å². The van der Waals surface area contributed by atoms with Crippen LogP contribution in [-0.2, 0) is 28.9 Å². The van der Waals surface area contributed by atoms with Crippen molar-refractivity contribution in [1.82, 2.24) is 24.2 Å². The largest absolute Gasteiger partial charge is 0.416 e. The Morgan fingerprint density at radius 2 is 1.85 bits per heavy atom. The number of amides is 2. The smallest absolute Gasteiger partial charge is 0.345 e. The third-order valence-electron chi connectivity index (χ3n) is 6.42. The average Bonchev–Trinajstić information content (AvgIpc) is 3.40. The van der Waals surface area contributed by atoms with E-state index in [0.717, 1.165) is 6.07 Å². The van der Waals surface area contributed by atoms with Crippen LogP contribution < -0.4 is 5.32 Å². The van der Waals surface area contributed by atoms with E-state index in [-0.39, 0.29) is 11.1 Å². The standard InChI is InChI=1S/C24H18F3N5O2/c1-30-6-7-31-12-16(15-9-14(24(25,26)27)8-13(11-30)21(15)31)19-20(23(34)29-22(19)33)17-10-28-18-4-2-3-5-32(17)18/h2-5,8-10,12H,6-7,11H2,1H3,(H,29,33,34). The highest BCUT2D eigenvalue weighted by Crippen LogP contribution is 2.41. The number of halogens is 3.